The van der Waals surface area contributed by atoms with Gasteiger partial charge in [0, 0.05) is 6.42 Å². The Morgan fingerprint density at radius 2 is 1.88 bits per heavy atom. The number of carbonyl (C=O) groups excluding carboxylic acids is 1. The van der Waals surface area contributed by atoms with Crippen LogP contribution in [0.1, 0.15) is 45.1 Å². The number of esters is 1. The minimum atomic E-state index is -3.58. The summed E-state index contributed by atoms with van der Waals surface area (Å²) in [6.45, 7) is 4.07. The summed E-state index contributed by atoms with van der Waals surface area (Å²) in [4.78, 5) is 17.3. The van der Waals surface area contributed by atoms with E-state index in [-0.39, 0.29) is 18.9 Å². The molecule has 1 aliphatic heterocycles. The molecule has 0 unspecified atom stereocenters. The van der Waals surface area contributed by atoms with Crippen LogP contribution in [0.25, 0.3) is 0 Å². The van der Waals surface area contributed by atoms with E-state index in [4.69, 9.17) is 18.8 Å². The average Bonchev–Trinajstić information content (AvgIpc) is 2.63. The van der Waals surface area contributed by atoms with Crippen LogP contribution in [0.3, 0.4) is 0 Å². The summed E-state index contributed by atoms with van der Waals surface area (Å²) in [6.07, 6.45) is 2.68. The Morgan fingerprint density at radius 1 is 1.19 bits per heavy atom. The standard InChI is InChI=1S/C19H26NO5P/c1-3-23-26(22,24-4-2)19-13-9-8-12-17(19)25-18(21)16(20-19)14-15-10-6-5-7-11-15/h5-7,10-11,17H,3-4,8-9,12-14H2,1-2H3/t17-,19-/m0/s1. The number of hydrogen-bond acceptors (Lipinski definition) is 6. The number of rotatable bonds is 7. The van der Waals surface area contributed by atoms with Gasteiger partial charge in [0.25, 0.3) is 0 Å². The maximum atomic E-state index is 13.7. The van der Waals surface area contributed by atoms with Crippen molar-refractivity contribution in [3.05, 3.63) is 35.9 Å². The second-order valence-corrected chi connectivity index (χ2v) is 8.86. The lowest BCUT2D eigenvalue weighted by atomic mass is 9.90. The van der Waals surface area contributed by atoms with Gasteiger partial charge in [0.15, 0.2) is 5.28 Å². The van der Waals surface area contributed by atoms with Crippen LogP contribution in [0.4, 0.5) is 0 Å². The molecule has 1 fully saturated rings. The molecule has 6 nitrogen and oxygen atoms in total. The quantitative estimate of drug-likeness (QED) is 0.526. The third kappa shape index (κ3) is 3.51. The van der Waals surface area contributed by atoms with Crippen molar-refractivity contribution in [1.29, 1.82) is 0 Å². The topological polar surface area (TPSA) is 74.2 Å². The van der Waals surface area contributed by atoms with E-state index in [2.05, 4.69) is 0 Å². The zero-order valence-corrected chi connectivity index (χ0v) is 16.2. The first-order valence-electron chi connectivity index (χ1n) is 9.27. The lowest BCUT2D eigenvalue weighted by Crippen LogP contribution is -2.52. The number of nitrogens with zero attached hydrogens (tertiary/aromatic N) is 1. The molecule has 0 radical (unpaired) electrons. The van der Waals surface area contributed by atoms with Crippen molar-refractivity contribution in [3.8, 4) is 0 Å². The van der Waals surface area contributed by atoms with Gasteiger partial charge < -0.3 is 13.8 Å². The normalized spacial score (nSPS) is 26.0. The van der Waals surface area contributed by atoms with Gasteiger partial charge in [-0.1, -0.05) is 36.8 Å². The first-order chi connectivity index (χ1) is 12.5. The Morgan fingerprint density at radius 3 is 2.54 bits per heavy atom. The number of fused-ring (bicyclic) bond motifs is 1. The minimum Gasteiger partial charge on any atom is -0.455 e. The summed E-state index contributed by atoms with van der Waals surface area (Å²) in [7, 11) is -3.58. The number of hydrogen-bond donors (Lipinski definition) is 0. The second-order valence-electron chi connectivity index (χ2n) is 6.57. The van der Waals surface area contributed by atoms with Gasteiger partial charge in [0.1, 0.15) is 11.8 Å². The van der Waals surface area contributed by atoms with Gasteiger partial charge in [-0.25, -0.2) is 4.79 Å². The highest BCUT2D eigenvalue weighted by molar-refractivity contribution is 7.55. The molecule has 0 bridgehead atoms. The third-order valence-corrected chi connectivity index (χ3v) is 7.63. The van der Waals surface area contributed by atoms with Gasteiger partial charge in [0.2, 0.25) is 0 Å². The smallest absolute Gasteiger partial charge is 0.361 e. The van der Waals surface area contributed by atoms with Crippen LogP contribution in [-0.4, -0.2) is 36.3 Å². The molecule has 2 aliphatic rings. The first kappa shape index (κ1) is 19.3. The molecule has 0 spiro atoms. The van der Waals surface area contributed by atoms with E-state index >= 15 is 0 Å². The maximum Gasteiger partial charge on any atom is 0.361 e. The van der Waals surface area contributed by atoms with Gasteiger partial charge in [-0.2, -0.15) is 0 Å². The molecular weight excluding hydrogens is 353 g/mol. The lowest BCUT2D eigenvalue weighted by Gasteiger charge is -2.45. The number of aliphatic imine (C=N–C) groups is 1. The van der Waals surface area contributed by atoms with Gasteiger partial charge in [0.05, 0.1) is 13.2 Å². The van der Waals surface area contributed by atoms with E-state index in [1.54, 1.807) is 13.8 Å². The minimum absolute atomic E-state index is 0.253. The summed E-state index contributed by atoms with van der Waals surface area (Å²) in [5.74, 6) is -0.434. The summed E-state index contributed by atoms with van der Waals surface area (Å²) in [6, 6.07) is 9.60. The van der Waals surface area contributed by atoms with Crippen molar-refractivity contribution in [3.63, 3.8) is 0 Å². The molecule has 0 N–H and O–H groups in total. The van der Waals surface area contributed by atoms with Crippen molar-refractivity contribution in [1.82, 2.24) is 0 Å². The summed E-state index contributed by atoms with van der Waals surface area (Å²) < 4.78 is 30.7. The maximum absolute atomic E-state index is 13.7. The van der Waals surface area contributed by atoms with Crippen LogP contribution in [0, 0.1) is 0 Å². The fourth-order valence-electron chi connectivity index (χ4n) is 3.74. The van der Waals surface area contributed by atoms with Crippen LogP contribution >= 0.6 is 7.60 Å². The molecule has 1 heterocycles. The fourth-order valence-corrected chi connectivity index (χ4v) is 6.15. The number of carbonyl (C=O) groups is 1. The molecule has 0 saturated heterocycles. The summed E-state index contributed by atoms with van der Waals surface area (Å²) >= 11 is 0. The molecule has 3 rings (SSSR count). The Hall–Kier alpha value is -1.49. The van der Waals surface area contributed by atoms with E-state index in [1.165, 1.54) is 0 Å². The summed E-state index contributed by atoms with van der Waals surface area (Å²) in [5, 5.41) is -1.13. The van der Waals surface area contributed by atoms with E-state index < -0.39 is 24.9 Å². The van der Waals surface area contributed by atoms with E-state index in [0.29, 0.717) is 19.3 Å². The summed E-state index contributed by atoms with van der Waals surface area (Å²) in [5.41, 5.74) is 1.24. The second kappa shape index (κ2) is 8.03. The van der Waals surface area contributed by atoms with Crippen molar-refractivity contribution < 1.29 is 23.1 Å². The van der Waals surface area contributed by atoms with Crippen LogP contribution in [0.15, 0.2) is 35.3 Å². The number of benzene rings is 1. The molecule has 26 heavy (non-hydrogen) atoms. The number of ether oxygens (including phenoxy) is 1. The average molecular weight is 379 g/mol. The first-order valence-corrected chi connectivity index (χ1v) is 10.8. The zero-order valence-electron chi connectivity index (χ0n) is 15.3. The van der Waals surface area contributed by atoms with Gasteiger partial charge in [-0.3, -0.25) is 9.56 Å². The van der Waals surface area contributed by atoms with Crippen LogP contribution in [0.2, 0.25) is 0 Å². The monoisotopic (exact) mass is 379 g/mol. The fraction of sp³-hybridized carbons (Fsp3) is 0.579. The van der Waals surface area contributed by atoms with E-state index in [9.17, 15) is 9.36 Å². The van der Waals surface area contributed by atoms with Crippen molar-refractivity contribution in [2.45, 2.75) is 57.3 Å². The highest BCUT2D eigenvalue weighted by atomic mass is 31.2. The Bertz CT molecular complexity index is 710. The highest BCUT2D eigenvalue weighted by Gasteiger charge is 2.61. The molecule has 142 valence electrons. The van der Waals surface area contributed by atoms with Crippen molar-refractivity contribution >= 4 is 19.3 Å². The zero-order chi connectivity index (χ0) is 18.6. The van der Waals surface area contributed by atoms with E-state index in [1.807, 2.05) is 30.3 Å². The molecule has 2 atom stereocenters. The Balaban J connectivity index is 2.04. The van der Waals surface area contributed by atoms with Crippen LogP contribution in [-0.2, 0) is 29.6 Å². The van der Waals surface area contributed by atoms with Gasteiger partial charge in [-0.15, -0.1) is 0 Å². The Labute approximate surface area is 154 Å². The highest BCUT2D eigenvalue weighted by Crippen LogP contribution is 2.67. The lowest BCUT2D eigenvalue weighted by molar-refractivity contribution is -0.146. The van der Waals surface area contributed by atoms with E-state index in [0.717, 1.165) is 18.4 Å². The van der Waals surface area contributed by atoms with Crippen LogP contribution in [0.5, 0.6) is 0 Å². The Kier molecular flexibility index (Phi) is 5.96. The molecule has 1 aromatic carbocycles. The molecule has 1 aromatic rings. The molecule has 1 aliphatic carbocycles. The predicted molar refractivity (Wildman–Crippen MR) is 99.5 cm³/mol. The predicted octanol–water partition coefficient (Wildman–Crippen LogP) is 4.13. The van der Waals surface area contributed by atoms with Gasteiger partial charge in [-0.05, 0) is 38.7 Å². The molecule has 0 aromatic heterocycles. The SMILES string of the molecule is CCOP(=O)(OCC)[C@@]12CCCC[C@@H]1OC(=O)C(Cc1ccccc1)=N2. The molecule has 7 heteroatoms. The molecule has 0 amide bonds. The van der Waals surface area contributed by atoms with Crippen molar-refractivity contribution in [2.24, 2.45) is 4.99 Å². The van der Waals surface area contributed by atoms with Crippen LogP contribution < -0.4 is 0 Å². The largest absolute Gasteiger partial charge is 0.455 e. The van der Waals surface area contributed by atoms with Crippen molar-refractivity contribution in [2.75, 3.05) is 13.2 Å². The van der Waals surface area contributed by atoms with Gasteiger partial charge >= 0.3 is 13.6 Å². The molecule has 1 saturated carbocycles. The third-order valence-electron chi connectivity index (χ3n) is 4.88. The molecular formula is C19H26NO5P.